The van der Waals surface area contributed by atoms with Crippen molar-refractivity contribution in [2.45, 2.75) is 38.3 Å². The number of primary amides is 1. The summed E-state index contributed by atoms with van der Waals surface area (Å²) in [5.41, 5.74) is 5.03. The number of alkyl halides is 3. The number of halogens is 4. The molecule has 0 radical (unpaired) electrons. The molecule has 1 aromatic heterocycles. The molecule has 25 heavy (non-hydrogen) atoms. The number of nitrogens with two attached hydrogens (primary N) is 1. The van der Waals surface area contributed by atoms with Gasteiger partial charge in [-0.1, -0.05) is 30.8 Å². The first kappa shape index (κ1) is 17.4. The second-order valence-electron chi connectivity index (χ2n) is 6.09. The molecule has 2 aromatic rings. The van der Waals surface area contributed by atoms with Crippen molar-refractivity contribution in [2.75, 3.05) is 0 Å². The Labute approximate surface area is 140 Å². The lowest BCUT2D eigenvalue weighted by Gasteiger charge is -2.14. The Hall–Kier alpha value is -2.45. The van der Waals surface area contributed by atoms with Gasteiger partial charge in [0.25, 0.3) is 5.91 Å². The summed E-state index contributed by atoms with van der Waals surface area (Å²) in [5.74, 6) is -3.47. The van der Waals surface area contributed by atoms with Gasteiger partial charge in [0.05, 0.1) is 5.56 Å². The molecule has 0 saturated heterocycles. The maximum atomic E-state index is 14.8. The van der Waals surface area contributed by atoms with Crippen LogP contribution >= 0.6 is 0 Å². The van der Waals surface area contributed by atoms with Crippen molar-refractivity contribution >= 4 is 5.91 Å². The van der Waals surface area contributed by atoms with E-state index in [-0.39, 0.29) is 34.9 Å². The van der Waals surface area contributed by atoms with Gasteiger partial charge in [0.1, 0.15) is 5.82 Å². The zero-order chi connectivity index (χ0) is 18.2. The highest BCUT2D eigenvalue weighted by Crippen LogP contribution is 2.35. The lowest BCUT2D eigenvalue weighted by Crippen LogP contribution is -2.16. The number of rotatable bonds is 4. The molecule has 5 nitrogen and oxygen atoms in total. The molecule has 1 aliphatic rings. The zero-order valence-electron chi connectivity index (χ0n) is 13.1. The van der Waals surface area contributed by atoms with Gasteiger partial charge in [-0.2, -0.15) is 18.2 Å². The van der Waals surface area contributed by atoms with Gasteiger partial charge in [0.15, 0.2) is 0 Å². The summed E-state index contributed by atoms with van der Waals surface area (Å²) in [5, 5.41) is 3.31. The molecule has 1 heterocycles. The minimum absolute atomic E-state index is 0.0775. The SMILES string of the molecule is NC(=O)c1ccc(-c2noc(C(F)(F)F)n2)c(CC2CCCC2)c1F. The van der Waals surface area contributed by atoms with Crippen LogP contribution in [0.5, 0.6) is 0 Å². The highest BCUT2D eigenvalue weighted by Gasteiger charge is 2.39. The summed E-state index contributed by atoms with van der Waals surface area (Å²) in [6.07, 6.45) is -0.713. The van der Waals surface area contributed by atoms with E-state index >= 15 is 0 Å². The number of amides is 1. The Morgan fingerprint density at radius 1 is 1.28 bits per heavy atom. The number of hydrogen-bond acceptors (Lipinski definition) is 4. The topological polar surface area (TPSA) is 82.0 Å². The second kappa shape index (κ2) is 6.45. The monoisotopic (exact) mass is 357 g/mol. The minimum Gasteiger partial charge on any atom is -0.366 e. The number of hydrogen-bond donors (Lipinski definition) is 1. The van der Waals surface area contributed by atoms with Crippen molar-refractivity contribution in [3.8, 4) is 11.4 Å². The Balaban J connectivity index is 2.06. The number of carbonyl (C=O) groups is 1. The molecule has 1 fully saturated rings. The van der Waals surface area contributed by atoms with E-state index in [1.165, 1.54) is 6.07 Å². The lowest BCUT2D eigenvalue weighted by molar-refractivity contribution is -0.159. The van der Waals surface area contributed by atoms with Crippen molar-refractivity contribution < 1.29 is 26.9 Å². The third-order valence-corrected chi connectivity index (χ3v) is 4.39. The summed E-state index contributed by atoms with van der Waals surface area (Å²) in [7, 11) is 0. The van der Waals surface area contributed by atoms with Crippen LogP contribution in [0, 0.1) is 11.7 Å². The van der Waals surface area contributed by atoms with E-state index < -0.39 is 23.8 Å². The third kappa shape index (κ3) is 3.49. The molecule has 0 atom stereocenters. The van der Waals surface area contributed by atoms with Gasteiger partial charge >= 0.3 is 12.1 Å². The van der Waals surface area contributed by atoms with Gasteiger partial charge in [-0.25, -0.2) is 4.39 Å². The average Bonchev–Trinajstić information content (AvgIpc) is 3.19. The first-order valence-corrected chi connectivity index (χ1v) is 7.80. The van der Waals surface area contributed by atoms with Crippen LogP contribution in [0.3, 0.4) is 0 Å². The van der Waals surface area contributed by atoms with Gasteiger partial charge in [0, 0.05) is 11.1 Å². The largest absolute Gasteiger partial charge is 0.471 e. The van der Waals surface area contributed by atoms with E-state index in [1.807, 2.05) is 0 Å². The summed E-state index contributed by atoms with van der Waals surface area (Å²) in [4.78, 5) is 14.7. The number of aromatic nitrogens is 2. The van der Waals surface area contributed by atoms with Crippen LogP contribution in [-0.4, -0.2) is 16.0 Å². The van der Waals surface area contributed by atoms with Crippen LogP contribution in [0.25, 0.3) is 11.4 Å². The van der Waals surface area contributed by atoms with Crippen molar-refractivity contribution in [2.24, 2.45) is 11.7 Å². The molecule has 9 heteroatoms. The van der Waals surface area contributed by atoms with Gasteiger partial charge in [-0.05, 0) is 24.5 Å². The Morgan fingerprint density at radius 2 is 1.96 bits per heavy atom. The molecule has 0 unspecified atom stereocenters. The fourth-order valence-electron chi connectivity index (χ4n) is 3.17. The average molecular weight is 357 g/mol. The van der Waals surface area contributed by atoms with E-state index in [2.05, 4.69) is 14.7 Å². The Morgan fingerprint density at radius 3 is 2.52 bits per heavy atom. The molecule has 0 aliphatic heterocycles. The molecule has 1 amide bonds. The van der Waals surface area contributed by atoms with Crippen molar-refractivity contribution in [3.05, 3.63) is 35.0 Å². The van der Waals surface area contributed by atoms with Gasteiger partial charge in [-0.15, -0.1) is 0 Å². The van der Waals surface area contributed by atoms with Crippen molar-refractivity contribution in [3.63, 3.8) is 0 Å². The molecular weight excluding hydrogens is 342 g/mol. The summed E-state index contributed by atoms with van der Waals surface area (Å²) in [6, 6.07) is 2.42. The van der Waals surface area contributed by atoms with Gasteiger partial charge in [0.2, 0.25) is 5.82 Å². The van der Waals surface area contributed by atoms with Crippen LogP contribution in [0.15, 0.2) is 16.7 Å². The van der Waals surface area contributed by atoms with Gasteiger partial charge < -0.3 is 10.3 Å². The smallest absolute Gasteiger partial charge is 0.366 e. The van der Waals surface area contributed by atoms with Crippen LogP contribution in [0.1, 0.15) is 47.5 Å². The van der Waals surface area contributed by atoms with E-state index in [9.17, 15) is 22.4 Å². The van der Waals surface area contributed by atoms with E-state index in [4.69, 9.17) is 5.73 Å². The standard InChI is InChI=1S/C16H15F4N3O2/c17-12-10(13(21)24)6-5-9(11(12)7-8-3-1-2-4-8)14-22-15(25-23-14)16(18,19)20/h5-6,8H,1-4,7H2,(H2,21,24). The fourth-order valence-corrected chi connectivity index (χ4v) is 3.17. The van der Waals surface area contributed by atoms with E-state index in [0.717, 1.165) is 31.7 Å². The lowest BCUT2D eigenvalue weighted by atomic mass is 9.92. The normalized spacial score (nSPS) is 15.7. The fraction of sp³-hybridized carbons (Fsp3) is 0.438. The van der Waals surface area contributed by atoms with Crippen LogP contribution in [-0.2, 0) is 12.6 Å². The first-order chi connectivity index (χ1) is 11.8. The predicted molar refractivity (Wildman–Crippen MR) is 78.9 cm³/mol. The number of nitrogens with zero attached hydrogens (tertiary/aromatic N) is 2. The van der Waals surface area contributed by atoms with Gasteiger partial charge in [-0.3, -0.25) is 4.79 Å². The highest BCUT2D eigenvalue weighted by molar-refractivity contribution is 5.94. The first-order valence-electron chi connectivity index (χ1n) is 7.80. The quantitative estimate of drug-likeness (QED) is 0.846. The van der Waals surface area contributed by atoms with Crippen LogP contribution in [0.4, 0.5) is 17.6 Å². The molecule has 1 aliphatic carbocycles. The summed E-state index contributed by atoms with van der Waals surface area (Å²) in [6.45, 7) is 0. The molecular formula is C16H15F4N3O2. The number of benzene rings is 1. The highest BCUT2D eigenvalue weighted by atomic mass is 19.4. The predicted octanol–water partition coefficient (Wildman–Crippen LogP) is 3.73. The molecule has 2 N–H and O–H groups in total. The van der Waals surface area contributed by atoms with E-state index in [1.54, 1.807) is 0 Å². The third-order valence-electron chi connectivity index (χ3n) is 4.39. The maximum Gasteiger partial charge on any atom is 0.471 e. The zero-order valence-corrected chi connectivity index (χ0v) is 13.1. The maximum absolute atomic E-state index is 14.8. The second-order valence-corrected chi connectivity index (χ2v) is 6.09. The molecule has 1 saturated carbocycles. The molecule has 0 bridgehead atoms. The van der Waals surface area contributed by atoms with Crippen molar-refractivity contribution in [1.82, 2.24) is 10.1 Å². The Kier molecular flexibility index (Phi) is 4.49. The summed E-state index contributed by atoms with van der Waals surface area (Å²) >= 11 is 0. The van der Waals surface area contributed by atoms with Crippen molar-refractivity contribution in [1.29, 1.82) is 0 Å². The van der Waals surface area contributed by atoms with E-state index in [0.29, 0.717) is 0 Å². The molecule has 3 rings (SSSR count). The number of carbonyl (C=O) groups excluding carboxylic acids is 1. The molecule has 134 valence electrons. The summed E-state index contributed by atoms with van der Waals surface area (Å²) < 4.78 is 57.0. The van der Waals surface area contributed by atoms with Crippen LogP contribution in [0.2, 0.25) is 0 Å². The minimum atomic E-state index is -4.79. The molecule has 0 spiro atoms. The Bertz CT molecular complexity index is 795. The molecule has 1 aromatic carbocycles. The van der Waals surface area contributed by atoms with Crippen LogP contribution < -0.4 is 5.73 Å².